The van der Waals surface area contributed by atoms with E-state index >= 15 is 0 Å². The van der Waals surface area contributed by atoms with Crippen LogP contribution in [0.3, 0.4) is 0 Å². The fourth-order valence-corrected chi connectivity index (χ4v) is 1.24. The average molecular weight is 154 g/mol. The van der Waals surface area contributed by atoms with Crippen LogP contribution in [0.2, 0.25) is 0 Å². The largest absolute Gasteiger partial charge is 0.305 e. The molecule has 54 valence electrons. The number of hydrogen-bond donors (Lipinski definition) is 0. The van der Waals surface area contributed by atoms with E-state index < -0.39 is 18.0 Å². The van der Waals surface area contributed by atoms with Gasteiger partial charge in [0.15, 0.2) is 0 Å². The van der Waals surface area contributed by atoms with Gasteiger partial charge in [0.2, 0.25) is 0 Å². The van der Waals surface area contributed by atoms with Crippen molar-refractivity contribution in [2.75, 3.05) is 13.3 Å². The maximum atomic E-state index is 11.5. The van der Waals surface area contributed by atoms with Gasteiger partial charge in [-0.3, -0.25) is 12.8 Å². The summed E-state index contributed by atoms with van der Waals surface area (Å²) in [5.74, 6) is 0. The van der Waals surface area contributed by atoms with Crippen LogP contribution in [0.4, 0.5) is 4.39 Å². The van der Waals surface area contributed by atoms with Crippen molar-refractivity contribution in [3.63, 3.8) is 0 Å². The maximum Gasteiger partial charge on any atom is 0.305 e. The number of alkyl halides is 1. The maximum absolute atomic E-state index is 11.5. The molecular weight excluding hydrogens is 147 g/mol. The highest BCUT2D eigenvalue weighted by Gasteiger charge is 2.22. The molecule has 3 nitrogen and oxygen atoms in total. The molecule has 0 aromatic rings. The van der Waals surface area contributed by atoms with E-state index in [1.165, 1.54) is 0 Å². The van der Waals surface area contributed by atoms with Crippen LogP contribution in [-0.2, 0) is 19.7 Å². The molecule has 5 heteroatoms. The predicted molar refractivity (Wildman–Crippen MR) is 29.6 cm³/mol. The number of halogens is 1. The van der Waals surface area contributed by atoms with Crippen LogP contribution in [0.25, 0.3) is 0 Å². The Bertz CT molecular complexity index is 118. The van der Waals surface area contributed by atoms with Gasteiger partial charge in [0.25, 0.3) is 0 Å². The highest BCUT2D eigenvalue weighted by Crippen LogP contribution is 2.11. The molecule has 2 atom stereocenters. The van der Waals surface area contributed by atoms with Crippen LogP contribution in [0.5, 0.6) is 0 Å². The first-order valence-corrected chi connectivity index (χ1v) is 3.61. The molecule has 1 heterocycles. The van der Waals surface area contributed by atoms with E-state index in [0.717, 1.165) is 0 Å². The highest BCUT2D eigenvalue weighted by molar-refractivity contribution is 7.75. The van der Waals surface area contributed by atoms with Crippen molar-refractivity contribution in [3.05, 3.63) is 0 Å². The van der Waals surface area contributed by atoms with Gasteiger partial charge in [-0.15, -0.1) is 0 Å². The van der Waals surface area contributed by atoms with Crippen molar-refractivity contribution < 1.29 is 17.0 Å². The molecule has 0 bridgehead atoms. The second kappa shape index (κ2) is 3.24. The van der Waals surface area contributed by atoms with Gasteiger partial charge < -0.3 is 0 Å². The van der Waals surface area contributed by atoms with Gasteiger partial charge in [-0.05, 0) is 0 Å². The Morgan fingerprint density at radius 1 is 1.78 bits per heavy atom. The average Bonchev–Trinajstić information content (AvgIpc) is 2.17. The summed E-state index contributed by atoms with van der Waals surface area (Å²) in [4.78, 5) is 0. The third-order valence-electron chi connectivity index (χ3n) is 0.996. The normalized spacial score (nSPS) is 35.2. The van der Waals surface area contributed by atoms with E-state index in [4.69, 9.17) is 0 Å². The van der Waals surface area contributed by atoms with Crippen LogP contribution >= 0.6 is 0 Å². The second-order valence-corrected chi connectivity index (χ2v) is 2.52. The van der Waals surface area contributed by atoms with E-state index in [1.54, 1.807) is 0 Å². The summed E-state index contributed by atoms with van der Waals surface area (Å²) in [6.07, 6.45) is -0.0398. The lowest BCUT2D eigenvalue weighted by Crippen LogP contribution is -2.09. The molecule has 1 aliphatic rings. The molecule has 0 aliphatic carbocycles. The minimum Gasteiger partial charge on any atom is -0.266 e. The molecule has 0 aromatic carbocycles. The third kappa shape index (κ3) is 2.00. The standard InChI is InChI=1S/C4H7FO3S/c5-2-1-4-3-7-9(6)8-4/h4H,1-3H2. The summed E-state index contributed by atoms with van der Waals surface area (Å²) in [5, 5.41) is 0. The predicted octanol–water partition coefficient (Wildman–Crippen LogP) is 0.340. The zero-order valence-electron chi connectivity index (χ0n) is 4.71. The SMILES string of the molecule is O=S1OCC(CCF)O1. The lowest BCUT2D eigenvalue weighted by atomic mass is 10.3. The van der Waals surface area contributed by atoms with Crippen LogP contribution in [-0.4, -0.2) is 23.6 Å². The molecule has 9 heavy (non-hydrogen) atoms. The molecule has 0 aromatic heterocycles. The summed E-state index contributed by atoms with van der Waals surface area (Å²) in [5.41, 5.74) is 0. The molecule has 0 N–H and O–H groups in total. The van der Waals surface area contributed by atoms with Gasteiger partial charge >= 0.3 is 11.4 Å². The first-order valence-electron chi connectivity index (χ1n) is 2.61. The van der Waals surface area contributed by atoms with Crippen molar-refractivity contribution in [2.24, 2.45) is 0 Å². The molecule has 0 radical (unpaired) electrons. The monoisotopic (exact) mass is 154 g/mol. The van der Waals surface area contributed by atoms with Gasteiger partial charge in [-0.25, -0.2) is 0 Å². The van der Waals surface area contributed by atoms with Crippen LogP contribution in [0.15, 0.2) is 0 Å². The topological polar surface area (TPSA) is 35.5 Å². The molecule has 0 saturated carbocycles. The lowest BCUT2D eigenvalue weighted by Gasteiger charge is -1.97. The molecule has 0 amide bonds. The smallest absolute Gasteiger partial charge is 0.266 e. The fourth-order valence-electron chi connectivity index (χ4n) is 0.551. The Kier molecular flexibility index (Phi) is 2.56. The van der Waals surface area contributed by atoms with Gasteiger partial charge in [0.05, 0.1) is 13.3 Å². The quantitative estimate of drug-likeness (QED) is 0.575. The minimum absolute atomic E-state index is 0.247. The van der Waals surface area contributed by atoms with E-state index in [-0.39, 0.29) is 19.1 Å². The van der Waals surface area contributed by atoms with Crippen molar-refractivity contribution in [2.45, 2.75) is 12.5 Å². The Hall–Kier alpha value is -0.0000000000000000486. The Morgan fingerprint density at radius 3 is 3.00 bits per heavy atom. The van der Waals surface area contributed by atoms with Crippen molar-refractivity contribution in [3.8, 4) is 0 Å². The van der Waals surface area contributed by atoms with Crippen molar-refractivity contribution in [1.29, 1.82) is 0 Å². The van der Waals surface area contributed by atoms with Crippen molar-refractivity contribution >= 4 is 11.4 Å². The first-order chi connectivity index (χ1) is 4.33. The van der Waals surface area contributed by atoms with E-state index in [0.29, 0.717) is 0 Å². The van der Waals surface area contributed by atoms with E-state index in [9.17, 15) is 8.60 Å². The summed E-state index contributed by atoms with van der Waals surface area (Å²) >= 11 is -1.62. The zero-order chi connectivity index (χ0) is 6.69. The van der Waals surface area contributed by atoms with Crippen LogP contribution in [0.1, 0.15) is 6.42 Å². The Morgan fingerprint density at radius 2 is 2.56 bits per heavy atom. The van der Waals surface area contributed by atoms with Crippen LogP contribution < -0.4 is 0 Å². The van der Waals surface area contributed by atoms with E-state index in [1.807, 2.05) is 0 Å². The summed E-state index contributed by atoms with van der Waals surface area (Å²) in [6, 6.07) is 0. The molecule has 0 spiro atoms. The summed E-state index contributed by atoms with van der Waals surface area (Å²) in [6.45, 7) is -0.207. The zero-order valence-corrected chi connectivity index (χ0v) is 5.53. The molecule has 1 rings (SSSR count). The van der Waals surface area contributed by atoms with Crippen molar-refractivity contribution in [1.82, 2.24) is 0 Å². The van der Waals surface area contributed by atoms with Crippen LogP contribution in [0, 0.1) is 0 Å². The van der Waals surface area contributed by atoms with Gasteiger partial charge in [-0.2, -0.15) is 4.21 Å². The third-order valence-corrected chi connectivity index (χ3v) is 1.75. The Balaban J connectivity index is 2.22. The number of rotatable bonds is 2. The lowest BCUT2D eigenvalue weighted by molar-refractivity contribution is 0.211. The fraction of sp³-hybridized carbons (Fsp3) is 1.00. The van der Waals surface area contributed by atoms with Gasteiger partial charge in [-0.1, -0.05) is 0 Å². The highest BCUT2D eigenvalue weighted by atomic mass is 32.2. The van der Waals surface area contributed by atoms with Gasteiger partial charge in [0.1, 0.15) is 6.10 Å². The number of hydrogen-bond acceptors (Lipinski definition) is 3. The molecule has 1 aliphatic heterocycles. The molecule has 2 unspecified atom stereocenters. The minimum atomic E-state index is -1.62. The first kappa shape index (κ1) is 7.11. The van der Waals surface area contributed by atoms with Gasteiger partial charge in [0, 0.05) is 6.42 Å². The summed E-state index contributed by atoms with van der Waals surface area (Å²) in [7, 11) is 0. The molecule has 1 saturated heterocycles. The van der Waals surface area contributed by atoms with E-state index in [2.05, 4.69) is 8.37 Å². The second-order valence-electron chi connectivity index (χ2n) is 1.68. The Labute approximate surface area is 55.0 Å². The molecule has 1 fully saturated rings. The molecular formula is C4H7FO3S. The summed E-state index contributed by atoms with van der Waals surface area (Å²) < 4.78 is 30.9.